The predicted molar refractivity (Wildman–Crippen MR) is 143 cm³/mol. The van der Waals surface area contributed by atoms with Gasteiger partial charge in [-0.3, -0.25) is 9.48 Å². The van der Waals surface area contributed by atoms with Crippen LogP contribution in [0, 0.1) is 6.92 Å². The fourth-order valence-corrected chi connectivity index (χ4v) is 5.77. The van der Waals surface area contributed by atoms with Gasteiger partial charge in [-0.1, -0.05) is 52.3 Å². The van der Waals surface area contributed by atoms with Crippen molar-refractivity contribution in [2.75, 3.05) is 13.2 Å². The van der Waals surface area contributed by atoms with Crippen molar-refractivity contribution in [1.29, 1.82) is 0 Å². The first-order valence-corrected chi connectivity index (χ1v) is 13.5. The SMILES string of the molecule is CCc1cc(C)cc(CC)c1-c1c(OC(=O)c2c(C(C)(C)C)nn3c2CCC3)n2n(c1=O)CCOCC2. The molecular weight excluding hydrogens is 468 g/mol. The average Bonchev–Trinajstić information content (AvgIpc) is 3.44. The summed E-state index contributed by atoms with van der Waals surface area (Å²) < 4.78 is 17.4. The molecule has 198 valence electrons. The molecule has 8 heteroatoms. The van der Waals surface area contributed by atoms with Crippen LogP contribution in [0.25, 0.3) is 11.1 Å². The van der Waals surface area contributed by atoms with E-state index in [0.29, 0.717) is 43.3 Å². The summed E-state index contributed by atoms with van der Waals surface area (Å²) in [6, 6.07) is 4.27. The van der Waals surface area contributed by atoms with E-state index in [4.69, 9.17) is 14.6 Å². The quantitative estimate of drug-likeness (QED) is 0.478. The molecular formula is C29H38N4O4. The fraction of sp³-hybridized carbons (Fsp3) is 0.552. The summed E-state index contributed by atoms with van der Waals surface area (Å²) in [5.74, 6) is -0.129. The van der Waals surface area contributed by atoms with E-state index >= 15 is 0 Å². The highest BCUT2D eigenvalue weighted by Gasteiger charge is 2.35. The molecule has 8 nitrogen and oxygen atoms in total. The Morgan fingerprint density at radius 2 is 1.68 bits per heavy atom. The summed E-state index contributed by atoms with van der Waals surface area (Å²) in [5, 5.41) is 4.80. The Labute approximate surface area is 218 Å². The van der Waals surface area contributed by atoms with Crippen molar-refractivity contribution in [2.24, 2.45) is 0 Å². The van der Waals surface area contributed by atoms with Gasteiger partial charge in [-0.05, 0) is 49.3 Å². The van der Waals surface area contributed by atoms with Crippen molar-refractivity contribution in [3.05, 3.63) is 56.1 Å². The van der Waals surface area contributed by atoms with Crippen LogP contribution < -0.4 is 10.3 Å². The molecule has 0 unspecified atom stereocenters. The van der Waals surface area contributed by atoms with Gasteiger partial charge >= 0.3 is 5.97 Å². The second-order valence-corrected chi connectivity index (χ2v) is 11.1. The van der Waals surface area contributed by atoms with E-state index in [2.05, 4.69) is 53.7 Å². The van der Waals surface area contributed by atoms with E-state index in [1.807, 2.05) is 9.36 Å². The normalized spacial score (nSPS) is 15.4. The molecule has 0 N–H and O–H groups in total. The lowest BCUT2D eigenvalue weighted by molar-refractivity contribution is 0.0710. The van der Waals surface area contributed by atoms with E-state index < -0.39 is 5.97 Å². The molecule has 4 heterocycles. The van der Waals surface area contributed by atoms with E-state index in [1.165, 1.54) is 0 Å². The van der Waals surface area contributed by atoms with Gasteiger partial charge < -0.3 is 9.47 Å². The summed E-state index contributed by atoms with van der Waals surface area (Å²) in [6.07, 6.45) is 3.30. The van der Waals surface area contributed by atoms with Gasteiger partial charge in [-0.15, -0.1) is 0 Å². The number of nitrogens with zero attached hydrogens (tertiary/aromatic N) is 4. The minimum Gasteiger partial charge on any atom is -0.403 e. The smallest absolute Gasteiger partial charge is 0.348 e. The highest BCUT2D eigenvalue weighted by molar-refractivity contribution is 5.95. The minimum absolute atomic E-state index is 0.141. The third-order valence-electron chi connectivity index (χ3n) is 7.49. The molecule has 2 aromatic heterocycles. The fourth-order valence-electron chi connectivity index (χ4n) is 5.77. The molecule has 0 saturated heterocycles. The van der Waals surface area contributed by atoms with E-state index in [0.717, 1.165) is 65.9 Å². The van der Waals surface area contributed by atoms with E-state index in [1.54, 1.807) is 4.68 Å². The van der Waals surface area contributed by atoms with Gasteiger partial charge in [-0.2, -0.15) is 5.10 Å². The largest absolute Gasteiger partial charge is 0.403 e. The van der Waals surface area contributed by atoms with Crippen LogP contribution in [0.4, 0.5) is 0 Å². The summed E-state index contributed by atoms with van der Waals surface area (Å²) in [5.41, 5.74) is 6.47. The average molecular weight is 507 g/mol. The number of aryl methyl sites for hydroxylation is 4. The predicted octanol–water partition coefficient (Wildman–Crippen LogP) is 4.44. The number of hydrogen-bond donors (Lipinski definition) is 0. The van der Waals surface area contributed by atoms with Crippen molar-refractivity contribution in [2.45, 2.75) is 92.3 Å². The Kier molecular flexibility index (Phi) is 6.64. The van der Waals surface area contributed by atoms with Gasteiger partial charge in [0.1, 0.15) is 11.1 Å². The zero-order valence-corrected chi connectivity index (χ0v) is 22.9. The second kappa shape index (κ2) is 9.63. The Balaban J connectivity index is 1.72. The molecule has 0 amide bonds. The molecule has 3 aromatic rings. The molecule has 0 aliphatic carbocycles. The highest BCUT2D eigenvalue weighted by Crippen LogP contribution is 2.37. The number of rotatable bonds is 5. The standard InChI is InChI=1S/C29H38N4O4/c1-7-19-16-18(3)17-20(8-2)22(19)24-26(34)32-12-14-36-15-13-33(32)27(24)37-28(35)23-21-10-9-11-31(21)30-25(23)29(4,5)6/h16-17H,7-15H2,1-6H3. The van der Waals surface area contributed by atoms with Gasteiger partial charge in [0.15, 0.2) is 0 Å². The first-order chi connectivity index (χ1) is 17.7. The van der Waals surface area contributed by atoms with Gasteiger partial charge in [0.05, 0.1) is 37.7 Å². The number of benzene rings is 1. The monoisotopic (exact) mass is 506 g/mol. The number of hydrogen-bond acceptors (Lipinski definition) is 5. The van der Waals surface area contributed by atoms with Gasteiger partial charge in [-0.25, -0.2) is 14.2 Å². The van der Waals surface area contributed by atoms with Crippen LogP contribution in [0.2, 0.25) is 0 Å². The second-order valence-electron chi connectivity index (χ2n) is 11.1. The highest BCUT2D eigenvalue weighted by atomic mass is 16.5. The Morgan fingerprint density at radius 3 is 2.30 bits per heavy atom. The number of carbonyl (C=O) groups is 1. The maximum Gasteiger partial charge on any atom is 0.348 e. The minimum atomic E-state index is -0.441. The molecule has 0 fully saturated rings. The first kappa shape index (κ1) is 25.5. The van der Waals surface area contributed by atoms with Crippen molar-refractivity contribution in [3.63, 3.8) is 0 Å². The number of aromatic nitrogens is 4. The van der Waals surface area contributed by atoms with Crippen molar-refractivity contribution >= 4 is 5.97 Å². The van der Waals surface area contributed by atoms with E-state index in [9.17, 15) is 9.59 Å². The zero-order chi connectivity index (χ0) is 26.5. The third-order valence-corrected chi connectivity index (χ3v) is 7.49. The third kappa shape index (κ3) is 4.35. The molecule has 0 bridgehead atoms. The van der Waals surface area contributed by atoms with Crippen molar-refractivity contribution < 1.29 is 14.3 Å². The van der Waals surface area contributed by atoms with Crippen LogP contribution in [-0.2, 0) is 49.0 Å². The molecule has 0 radical (unpaired) electrons. The van der Waals surface area contributed by atoms with Crippen LogP contribution in [0.15, 0.2) is 16.9 Å². The Hall–Kier alpha value is -3.13. The summed E-state index contributed by atoms with van der Waals surface area (Å²) in [7, 11) is 0. The molecule has 0 saturated carbocycles. The molecule has 2 aliphatic rings. The first-order valence-electron chi connectivity index (χ1n) is 13.5. The topological polar surface area (TPSA) is 80.3 Å². The Bertz CT molecular complexity index is 1390. The molecule has 5 rings (SSSR count). The summed E-state index contributed by atoms with van der Waals surface area (Å²) >= 11 is 0. The van der Waals surface area contributed by atoms with Crippen molar-refractivity contribution in [1.82, 2.24) is 19.1 Å². The molecule has 37 heavy (non-hydrogen) atoms. The summed E-state index contributed by atoms with van der Waals surface area (Å²) in [6.45, 7) is 15.0. The summed E-state index contributed by atoms with van der Waals surface area (Å²) in [4.78, 5) is 28.0. The maximum atomic E-state index is 14.0. The molecule has 2 aliphatic heterocycles. The lowest BCUT2D eigenvalue weighted by Gasteiger charge is -2.19. The van der Waals surface area contributed by atoms with Crippen molar-refractivity contribution in [3.8, 4) is 17.0 Å². The molecule has 1 aromatic carbocycles. The number of esters is 1. The molecule has 0 atom stereocenters. The van der Waals surface area contributed by atoms with Crippen LogP contribution in [0.3, 0.4) is 0 Å². The number of fused-ring (bicyclic) bond motifs is 2. The Morgan fingerprint density at radius 1 is 1.03 bits per heavy atom. The van der Waals surface area contributed by atoms with Gasteiger partial charge in [0, 0.05) is 12.0 Å². The number of ether oxygens (including phenoxy) is 2. The lowest BCUT2D eigenvalue weighted by atomic mass is 9.88. The van der Waals surface area contributed by atoms with Gasteiger partial charge in [0.2, 0.25) is 5.88 Å². The van der Waals surface area contributed by atoms with Gasteiger partial charge in [0.25, 0.3) is 5.56 Å². The molecule has 0 spiro atoms. The van der Waals surface area contributed by atoms with E-state index in [-0.39, 0.29) is 11.0 Å². The van der Waals surface area contributed by atoms with Crippen LogP contribution in [0.1, 0.15) is 79.5 Å². The van der Waals surface area contributed by atoms with Crippen LogP contribution in [0.5, 0.6) is 5.88 Å². The number of carbonyl (C=O) groups excluding carboxylic acids is 1. The maximum absolute atomic E-state index is 14.0. The van der Waals surface area contributed by atoms with Crippen LogP contribution in [-0.4, -0.2) is 38.3 Å². The lowest BCUT2D eigenvalue weighted by Crippen LogP contribution is -2.24. The van der Waals surface area contributed by atoms with Crippen LogP contribution >= 0.6 is 0 Å². The zero-order valence-electron chi connectivity index (χ0n) is 22.9.